The van der Waals surface area contributed by atoms with Gasteiger partial charge in [0.15, 0.2) is 0 Å². The predicted octanol–water partition coefficient (Wildman–Crippen LogP) is 4.40. The second kappa shape index (κ2) is 4.97. The van der Waals surface area contributed by atoms with Crippen molar-refractivity contribution in [2.24, 2.45) is 0 Å². The molecule has 3 aromatic heterocycles. The van der Waals surface area contributed by atoms with Gasteiger partial charge in [-0.15, -0.1) is 0 Å². The van der Waals surface area contributed by atoms with Crippen molar-refractivity contribution in [3.05, 3.63) is 71.4 Å². The zero-order chi connectivity index (χ0) is 14.2. The molecule has 4 heteroatoms. The molecule has 0 saturated heterocycles. The average molecular weight is 338 g/mol. The van der Waals surface area contributed by atoms with Crippen LogP contribution in [0, 0.1) is 0 Å². The molecule has 0 bridgehead atoms. The Kier molecular flexibility index (Phi) is 2.97. The van der Waals surface area contributed by atoms with Gasteiger partial charge in [-0.05, 0) is 45.1 Å². The molecular weight excluding hydrogens is 326 g/mol. The fourth-order valence-corrected chi connectivity index (χ4v) is 3.11. The van der Waals surface area contributed by atoms with E-state index in [9.17, 15) is 0 Å². The molecule has 3 heterocycles. The number of aromatic nitrogens is 3. The lowest BCUT2D eigenvalue weighted by molar-refractivity contribution is 0.837. The van der Waals surface area contributed by atoms with Gasteiger partial charge in [0.25, 0.3) is 0 Å². The Morgan fingerprint density at radius 3 is 2.81 bits per heavy atom. The second-order valence-electron chi connectivity index (χ2n) is 5.05. The normalized spacial score (nSPS) is 11.3. The van der Waals surface area contributed by atoms with Gasteiger partial charge < -0.3 is 4.57 Å². The third kappa shape index (κ3) is 2.21. The molecule has 0 spiro atoms. The van der Waals surface area contributed by atoms with Crippen LogP contribution in [0.15, 0.2) is 65.8 Å². The Labute approximate surface area is 130 Å². The van der Waals surface area contributed by atoms with E-state index in [1.807, 2.05) is 24.8 Å². The van der Waals surface area contributed by atoms with Crippen LogP contribution in [0.2, 0.25) is 0 Å². The lowest BCUT2D eigenvalue weighted by atomic mass is 10.1. The largest absolute Gasteiger partial charge is 0.343 e. The first-order valence-electron chi connectivity index (χ1n) is 6.72. The topological polar surface area (TPSA) is 30.7 Å². The van der Waals surface area contributed by atoms with Crippen LogP contribution in [0.25, 0.3) is 21.7 Å². The molecule has 0 aliphatic heterocycles. The maximum absolute atomic E-state index is 4.20. The third-order valence-electron chi connectivity index (χ3n) is 3.70. The molecule has 21 heavy (non-hydrogen) atoms. The first kappa shape index (κ1) is 12.5. The Morgan fingerprint density at radius 2 is 1.86 bits per heavy atom. The average Bonchev–Trinajstić information content (AvgIpc) is 2.92. The van der Waals surface area contributed by atoms with E-state index < -0.39 is 0 Å². The van der Waals surface area contributed by atoms with Crippen molar-refractivity contribution in [1.29, 1.82) is 0 Å². The number of rotatable bonds is 2. The van der Waals surface area contributed by atoms with Crippen molar-refractivity contribution in [2.45, 2.75) is 6.54 Å². The zero-order valence-electron chi connectivity index (χ0n) is 11.2. The van der Waals surface area contributed by atoms with Crippen molar-refractivity contribution < 1.29 is 0 Å². The summed E-state index contributed by atoms with van der Waals surface area (Å²) in [6.45, 7) is 0.845. The van der Waals surface area contributed by atoms with E-state index in [1.54, 1.807) is 0 Å². The molecule has 0 saturated carbocycles. The molecule has 3 nitrogen and oxygen atoms in total. The molecule has 0 radical (unpaired) electrons. The molecule has 0 amide bonds. The van der Waals surface area contributed by atoms with Gasteiger partial charge in [0.05, 0.1) is 5.52 Å². The number of halogens is 1. The summed E-state index contributed by atoms with van der Waals surface area (Å²) in [7, 11) is 0. The van der Waals surface area contributed by atoms with Crippen LogP contribution in [0.5, 0.6) is 0 Å². The smallest absolute Gasteiger partial charge is 0.0514 e. The van der Waals surface area contributed by atoms with Crippen LogP contribution in [0.1, 0.15) is 5.56 Å². The van der Waals surface area contributed by atoms with Gasteiger partial charge in [-0.2, -0.15) is 0 Å². The molecule has 0 aliphatic carbocycles. The second-order valence-corrected chi connectivity index (χ2v) is 5.91. The molecule has 0 atom stereocenters. The molecular formula is C17H12BrN3. The minimum absolute atomic E-state index is 0.845. The number of hydrogen-bond acceptors (Lipinski definition) is 2. The number of nitrogens with zero attached hydrogens (tertiary/aromatic N) is 3. The van der Waals surface area contributed by atoms with Gasteiger partial charge in [-0.3, -0.25) is 9.97 Å². The monoisotopic (exact) mass is 337 g/mol. The van der Waals surface area contributed by atoms with Gasteiger partial charge in [-0.25, -0.2) is 0 Å². The van der Waals surface area contributed by atoms with Crippen LogP contribution >= 0.6 is 15.9 Å². The Hall–Kier alpha value is -2.20. The number of fused-ring (bicyclic) bond motifs is 2. The maximum atomic E-state index is 4.20. The van der Waals surface area contributed by atoms with Gasteiger partial charge in [0.1, 0.15) is 0 Å². The lowest BCUT2D eigenvalue weighted by Crippen LogP contribution is -1.97. The van der Waals surface area contributed by atoms with Crippen molar-refractivity contribution in [1.82, 2.24) is 14.5 Å². The van der Waals surface area contributed by atoms with Gasteiger partial charge in [0.2, 0.25) is 0 Å². The molecule has 0 N–H and O–H groups in total. The van der Waals surface area contributed by atoms with E-state index in [1.165, 1.54) is 21.9 Å². The predicted molar refractivity (Wildman–Crippen MR) is 88.3 cm³/mol. The summed E-state index contributed by atoms with van der Waals surface area (Å²) in [6.07, 6.45) is 9.57. The third-order valence-corrected chi connectivity index (χ3v) is 4.33. The highest BCUT2D eigenvalue weighted by Gasteiger charge is 2.04. The highest BCUT2D eigenvalue weighted by atomic mass is 79.9. The van der Waals surface area contributed by atoms with Crippen molar-refractivity contribution in [3.8, 4) is 0 Å². The lowest BCUT2D eigenvalue weighted by Gasteiger charge is -2.08. The molecule has 4 aromatic rings. The van der Waals surface area contributed by atoms with Crippen molar-refractivity contribution in [2.75, 3.05) is 0 Å². The maximum Gasteiger partial charge on any atom is 0.0514 e. The fraction of sp³-hybridized carbons (Fsp3) is 0.0588. The molecule has 0 aliphatic rings. The van der Waals surface area contributed by atoms with E-state index >= 15 is 0 Å². The van der Waals surface area contributed by atoms with Crippen LogP contribution in [-0.4, -0.2) is 14.5 Å². The first-order valence-corrected chi connectivity index (χ1v) is 7.51. The Morgan fingerprint density at radius 1 is 0.952 bits per heavy atom. The molecule has 0 unspecified atom stereocenters. The van der Waals surface area contributed by atoms with Gasteiger partial charge >= 0.3 is 0 Å². The minimum Gasteiger partial charge on any atom is -0.343 e. The highest BCUT2D eigenvalue weighted by molar-refractivity contribution is 9.10. The molecule has 1 aromatic carbocycles. The number of benzene rings is 1. The molecule has 4 rings (SSSR count). The van der Waals surface area contributed by atoms with E-state index in [4.69, 9.17) is 0 Å². The van der Waals surface area contributed by atoms with Crippen LogP contribution in [-0.2, 0) is 6.54 Å². The molecule has 0 fully saturated rings. The summed E-state index contributed by atoms with van der Waals surface area (Å²) >= 11 is 3.57. The standard InChI is InChI=1S/C17H12BrN3/c18-16-10-20-8-13-2-1-12(7-15(13)16)11-21-6-4-14-9-19-5-3-17(14)21/h1-10H,11H2. The van der Waals surface area contributed by atoms with E-state index in [2.05, 4.69) is 67.0 Å². The quantitative estimate of drug-likeness (QED) is 0.543. The number of hydrogen-bond donors (Lipinski definition) is 0. The van der Waals surface area contributed by atoms with Crippen LogP contribution in [0.4, 0.5) is 0 Å². The van der Waals surface area contributed by atoms with E-state index in [0.717, 1.165) is 16.4 Å². The van der Waals surface area contributed by atoms with Gasteiger partial charge in [-0.1, -0.05) is 12.1 Å². The minimum atomic E-state index is 0.845. The summed E-state index contributed by atoms with van der Waals surface area (Å²) in [5.41, 5.74) is 2.47. The zero-order valence-corrected chi connectivity index (χ0v) is 12.8. The summed E-state index contributed by atoms with van der Waals surface area (Å²) in [5.74, 6) is 0. The summed E-state index contributed by atoms with van der Waals surface area (Å²) < 4.78 is 3.27. The van der Waals surface area contributed by atoms with Crippen molar-refractivity contribution in [3.63, 3.8) is 0 Å². The molecule has 102 valence electrons. The highest BCUT2D eigenvalue weighted by Crippen LogP contribution is 2.24. The summed E-state index contributed by atoms with van der Waals surface area (Å²) in [6, 6.07) is 10.6. The van der Waals surface area contributed by atoms with Crippen molar-refractivity contribution >= 4 is 37.6 Å². The summed E-state index contributed by atoms with van der Waals surface area (Å²) in [4.78, 5) is 8.36. The van der Waals surface area contributed by atoms with E-state index in [0.29, 0.717) is 0 Å². The van der Waals surface area contributed by atoms with Crippen LogP contribution < -0.4 is 0 Å². The first-order chi connectivity index (χ1) is 10.3. The van der Waals surface area contributed by atoms with Crippen LogP contribution in [0.3, 0.4) is 0 Å². The fourth-order valence-electron chi connectivity index (χ4n) is 2.65. The SMILES string of the molecule is Brc1cncc2ccc(Cn3ccc4cnccc43)cc12. The van der Waals surface area contributed by atoms with E-state index in [-0.39, 0.29) is 0 Å². The Bertz CT molecular complexity index is 943. The summed E-state index contributed by atoms with van der Waals surface area (Å²) in [5, 5.41) is 3.51. The van der Waals surface area contributed by atoms with Gasteiger partial charge in [0, 0.05) is 52.8 Å². The Balaban J connectivity index is 1.79. The number of pyridine rings is 2.